The fraction of sp³-hybridized carbons (Fsp3) is 0.259. The Morgan fingerprint density at radius 3 is 1.47 bits per heavy atom. The Hall–Kier alpha value is -7.37. The van der Waals surface area contributed by atoms with Gasteiger partial charge >= 0.3 is 18.3 Å². The van der Waals surface area contributed by atoms with Crippen LogP contribution >= 0.6 is 11.8 Å². The fourth-order valence-electron chi connectivity index (χ4n) is 7.40. The number of hydrogen-bond donors (Lipinski definition) is 3. The third kappa shape index (κ3) is 15.8. The highest BCUT2D eigenvalue weighted by Crippen LogP contribution is 2.33. The van der Waals surface area contributed by atoms with Crippen LogP contribution in [-0.2, 0) is 61.0 Å². The monoisotopic (exact) mass is 1010 g/mol. The van der Waals surface area contributed by atoms with Gasteiger partial charge in [0.15, 0.2) is 0 Å². The number of fused-ring (bicyclic) bond motifs is 2. The Balaban J connectivity index is 0.000000196. The van der Waals surface area contributed by atoms with Gasteiger partial charge in [0.1, 0.15) is 23.0 Å². The molecule has 0 atom stereocenters. The number of carboxylic acids is 1. The first kappa shape index (κ1) is 54.0. The van der Waals surface area contributed by atoms with Gasteiger partial charge in [-0.25, -0.2) is 4.84 Å². The van der Waals surface area contributed by atoms with E-state index in [0.29, 0.717) is 35.4 Å². The van der Waals surface area contributed by atoms with Crippen LogP contribution in [0.25, 0.3) is 21.8 Å². The first-order valence-corrected chi connectivity index (χ1v) is 23.2. The van der Waals surface area contributed by atoms with Crippen LogP contribution in [0.4, 0.5) is 26.3 Å². The highest BCUT2D eigenvalue weighted by molar-refractivity contribution is 6.13. The third-order valence-electron chi connectivity index (χ3n) is 10.7. The van der Waals surface area contributed by atoms with Gasteiger partial charge in [0.25, 0.3) is 0 Å². The second kappa shape index (κ2) is 24.6. The number of carbonyl (C=O) groups excluding carboxylic acids is 1. The van der Waals surface area contributed by atoms with E-state index in [1.807, 2.05) is 94.6 Å². The van der Waals surface area contributed by atoms with E-state index in [1.54, 1.807) is 6.07 Å². The molecule has 0 aliphatic heterocycles. The quantitative estimate of drug-likeness (QED) is 0.0644. The maximum Gasteiger partial charge on any atom is 0.416 e. The maximum absolute atomic E-state index is 12.9. The lowest BCUT2D eigenvalue weighted by Gasteiger charge is -2.13. The molecular weight excluding hydrogens is 962 g/mol. The Labute approximate surface area is 417 Å². The summed E-state index contributed by atoms with van der Waals surface area (Å²) in [5, 5.41) is 22.1. The van der Waals surface area contributed by atoms with E-state index >= 15 is 0 Å². The Morgan fingerprint density at radius 2 is 1.04 bits per heavy atom. The summed E-state index contributed by atoms with van der Waals surface area (Å²) >= 11 is 5.62. The van der Waals surface area contributed by atoms with Crippen molar-refractivity contribution in [1.82, 2.24) is 29.7 Å². The molecule has 8 rings (SSSR count). The Morgan fingerprint density at radius 1 is 0.597 bits per heavy atom. The lowest BCUT2D eigenvalue weighted by Crippen LogP contribution is -2.24. The minimum absolute atomic E-state index is 0.146. The number of amides is 1. The average Bonchev–Trinajstić information content (AvgIpc) is 3.91. The van der Waals surface area contributed by atoms with Crippen LogP contribution in [0.15, 0.2) is 146 Å². The van der Waals surface area contributed by atoms with E-state index < -0.39 is 35.9 Å². The number of benzene rings is 6. The van der Waals surface area contributed by atoms with E-state index in [4.69, 9.17) is 26.4 Å². The summed E-state index contributed by atoms with van der Waals surface area (Å²) in [5.41, 5.74) is 2.77. The van der Waals surface area contributed by atoms with Crippen molar-refractivity contribution < 1.29 is 50.5 Å². The van der Waals surface area contributed by atoms with Crippen molar-refractivity contribution in [3.05, 3.63) is 179 Å². The number of rotatable bonds is 16. The lowest BCUT2D eigenvalue weighted by molar-refractivity contribution is -0.138. The predicted octanol–water partition coefficient (Wildman–Crippen LogP) is 13.4. The number of aromatic nitrogens is 4. The number of hydrogen-bond acceptors (Lipinski definition) is 7. The molecule has 0 unspecified atom stereocenters. The molecule has 11 nitrogen and oxygen atoms in total. The fourth-order valence-corrected chi connectivity index (χ4v) is 7.54. The molecule has 72 heavy (non-hydrogen) atoms. The zero-order valence-corrected chi connectivity index (χ0v) is 40.5. The molecule has 6 aromatic carbocycles. The van der Waals surface area contributed by atoms with Gasteiger partial charge in [-0.2, -0.15) is 36.5 Å². The van der Waals surface area contributed by atoms with Gasteiger partial charge in [0.2, 0.25) is 5.91 Å². The standard InChI is InChI=1S/C27H26F3N3O2.C18H20ClN3O.C9H7F3O2/c1-18(2)17-33-24-11-10-23(14-21(24)16-32-33)35-25-9-4-3-7-20(25)15-31-26(34)13-19-6-5-8-22(12-19)27(28,29)30;1-13(2)12-22-17-8-7-16(9-15(17)11-21-22)23-18-6-4-3-5-14(18)10-20-19;10-9(11,12)7-3-1-2-6(4-7)5-8(13)14/h3-12,14,16,18H,13,15,17H2,1-2H3,(H,31,34);3-9,11,13,20H,10,12H2,1-2H3;1-4H,5H2,(H,13,14). The molecule has 0 spiro atoms. The van der Waals surface area contributed by atoms with Crippen LogP contribution in [0, 0.1) is 11.8 Å². The largest absolute Gasteiger partial charge is 0.481 e. The Bertz CT molecular complexity index is 3080. The average molecular weight is 1020 g/mol. The number of aliphatic carboxylic acids is 1. The van der Waals surface area contributed by atoms with Gasteiger partial charge < -0.3 is 19.9 Å². The minimum atomic E-state index is -4.45. The van der Waals surface area contributed by atoms with Crippen molar-refractivity contribution in [3.63, 3.8) is 0 Å². The molecule has 0 bridgehead atoms. The van der Waals surface area contributed by atoms with Crippen molar-refractivity contribution in [3.8, 4) is 23.0 Å². The topological polar surface area (TPSA) is 133 Å². The lowest BCUT2D eigenvalue weighted by atomic mass is 10.1. The van der Waals surface area contributed by atoms with Crippen molar-refractivity contribution in [2.45, 2.75) is 79.1 Å². The summed E-state index contributed by atoms with van der Waals surface area (Å²) in [6.07, 6.45) is -5.72. The van der Waals surface area contributed by atoms with Crippen molar-refractivity contribution in [2.24, 2.45) is 11.8 Å². The summed E-state index contributed by atoms with van der Waals surface area (Å²) in [4.78, 5) is 25.3. The number of nitrogens with zero attached hydrogens (tertiary/aromatic N) is 4. The predicted molar refractivity (Wildman–Crippen MR) is 265 cm³/mol. The zero-order valence-electron chi connectivity index (χ0n) is 39.8. The zero-order chi connectivity index (χ0) is 52.0. The summed E-state index contributed by atoms with van der Waals surface area (Å²) < 4.78 is 91.4. The molecule has 0 aliphatic carbocycles. The van der Waals surface area contributed by atoms with Crippen LogP contribution in [0.5, 0.6) is 23.0 Å². The highest BCUT2D eigenvalue weighted by Gasteiger charge is 2.31. The second-order valence-electron chi connectivity index (χ2n) is 17.5. The second-order valence-corrected chi connectivity index (χ2v) is 17.8. The van der Waals surface area contributed by atoms with Gasteiger partial charge in [-0.3, -0.25) is 19.0 Å². The normalized spacial score (nSPS) is 11.5. The summed E-state index contributed by atoms with van der Waals surface area (Å²) in [5.74, 6) is 2.33. The number of ether oxygens (including phenoxy) is 2. The molecule has 1 amide bonds. The van der Waals surface area contributed by atoms with Crippen molar-refractivity contribution in [1.29, 1.82) is 0 Å². The summed E-state index contributed by atoms with van der Waals surface area (Å²) in [6, 6.07) is 36.1. The molecule has 0 radical (unpaired) electrons. The smallest absolute Gasteiger partial charge is 0.416 e. The van der Waals surface area contributed by atoms with Crippen LogP contribution in [0.1, 0.15) is 61.1 Å². The number of carbonyl (C=O) groups is 2. The number of halogens is 7. The molecule has 2 aromatic heterocycles. The first-order valence-electron chi connectivity index (χ1n) is 22.8. The van der Waals surface area contributed by atoms with Crippen LogP contribution in [0.3, 0.4) is 0 Å². The highest BCUT2D eigenvalue weighted by atomic mass is 35.5. The van der Waals surface area contributed by atoms with E-state index in [1.165, 1.54) is 24.3 Å². The van der Waals surface area contributed by atoms with E-state index in [-0.39, 0.29) is 24.4 Å². The molecule has 3 N–H and O–H groups in total. The van der Waals surface area contributed by atoms with Crippen molar-refractivity contribution in [2.75, 3.05) is 0 Å². The molecule has 0 saturated carbocycles. The third-order valence-corrected chi connectivity index (χ3v) is 10.8. The number of para-hydroxylation sites is 2. The van der Waals surface area contributed by atoms with Crippen molar-refractivity contribution >= 4 is 45.5 Å². The van der Waals surface area contributed by atoms with Gasteiger partial charge in [-0.1, -0.05) is 100 Å². The minimum Gasteiger partial charge on any atom is -0.481 e. The number of nitrogens with one attached hydrogen (secondary N) is 2. The van der Waals surface area contributed by atoms with Gasteiger partial charge in [0.05, 0.1) is 47.4 Å². The van der Waals surface area contributed by atoms with E-state index in [0.717, 1.165) is 81.8 Å². The first-order chi connectivity index (χ1) is 34.2. The molecular formula is C54H53ClF6N6O5. The van der Waals surface area contributed by atoms with Crippen LogP contribution < -0.4 is 19.6 Å². The van der Waals surface area contributed by atoms with Gasteiger partial charge in [0, 0.05) is 48.1 Å². The SMILES string of the molecule is CC(C)Cn1ncc2cc(Oc3ccccc3CNC(=O)Cc3cccc(C(F)(F)F)c3)ccc21.CC(C)Cn1ncc2cc(Oc3ccccc3CNCl)ccc21.O=C(O)Cc1cccc(C(F)(F)F)c1. The van der Waals surface area contributed by atoms with Crippen LogP contribution in [0.2, 0.25) is 0 Å². The van der Waals surface area contributed by atoms with Crippen LogP contribution in [-0.4, -0.2) is 36.5 Å². The molecule has 0 aliphatic rings. The van der Waals surface area contributed by atoms with E-state index in [9.17, 15) is 35.9 Å². The maximum atomic E-state index is 12.9. The number of alkyl halides is 6. The molecule has 0 fully saturated rings. The Kier molecular flexibility index (Phi) is 18.5. The van der Waals surface area contributed by atoms with E-state index in [2.05, 4.69) is 54.1 Å². The van der Waals surface area contributed by atoms with Gasteiger partial charge in [-0.05, 0) is 95.4 Å². The number of carboxylic acid groups (broad SMARTS) is 1. The summed E-state index contributed by atoms with van der Waals surface area (Å²) in [7, 11) is 0. The molecule has 18 heteroatoms. The molecule has 378 valence electrons. The molecule has 0 saturated heterocycles. The summed E-state index contributed by atoms with van der Waals surface area (Å²) in [6.45, 7) is 11.1. The van der Waals surface area contributed by atoms with Gasteiger partial charge in [-0.15, -0.1) is 0 Å². The molecule has 8 aromatic rings. The molecule has 2 heterocycles.